The van der Waals surface area contributed by atoms with Crippen molar-refractivity contribution in [2.45, 2.75) is 0 Å². The van der Waals surface area contributed by atoms with Crippen LogP contribution >= 0.6 is 12.2 Å². The highest BCUT2D eigenvalue weighted by atomic mass is 32.1. The molecule has 2 amide bonds. The fourth-order valence-electron chi connectivity index (χ4n) is 3.46. The van der Waals surface area contributed by atoms with E-state index in [1.54, 1.807) is 54.6 Å². The van der Waals surface area contributed by atoms with Gasteiger partial charge in [0.15, 0.2) is 5.11 Å². The maximum atomic E-state index is 13.3. The van der Waals surface area contributed by atoms with Gasteiger partial charge in [0.25, 0.3) is 11.8 Å². The van der Waals surface area contributed by atoms with Crippen molar-refractivity contribution in [3.05, 3.63) is 71.5 Å². The molecule has 35 heavy (non-hydrogen) atoms. The molecule has 0 spiro atoms. The molecule has 1 fully saturated rings. The summed E-state index contributed by atoms with van der Waals surface area (Å²) in [4.78, 5) is 38.7. The first-order chi connectivity index (χ1) is 16.9. The number of carbonyl (C=O) groups is 3. The molecule has 0 unspecified atom stereocenters. The molecule has 178 valence electrons. The Labute approximate surface area is 205 Å². The van der Waals surface area contributed by atoms with Crippen molar-refractivity contribution in [3.63, 3.8) is 0 Å². The Morgan fingerprint density at radius 1 is 1.00 bits per heavy atom. The number of ether oxygens (including phenoxy) is 3. The molecule has 9 nitrogen and oxygen atoms in total. The largest absolute Gasteiger partial charge is 0.497 e. The summed E-state index contributed by atoms with van der Waals surface area (Å²) in [5, 5.41) is 2.45. The summed E-state index contributed by atoms with van der Waals surface area (Å²) in [6, 6.07) is 14.8. The lowest BCUT2D eigenvalue weighted by molar-refractivity contribution is -0.122. The Balaban J connectivity index is 1.64. The van der Waals surface area contributed by atoms with Crippen LogP contribution in [0.1, 0.15) is 16.1 Å². The highest BCUT2D eigenvalue weighted by Gasteiger charge is 2.36. The van der Waals surface area contributed by atoms with Crippen LogP contribution in [0.15, 0.2) is 64.6 Å². The van der Waals surface area contributed by atoms with E-state index in [2.05, 4.69) is 5.32 Å². The van der Waals surface area contributed by atoms with Gasteiger partial charge < -0.3 is 18.6 Å². The number of esters is 1. The predicted octanol–water partition coefficient (Wildman–Crippen LogP) is 3.58. The molecule has 1 aliphatic rings. The lowest BCUT2D eigenvalue weighted by Crippen LogP contribution is -2.54. The number of hydrogen-bond acceptors (Lipinski definition) is 8. The topological polar surface area (TPSA) is 107 Å². The van der Waals surface area contributed by atoms with Gasteiger partial charge in [0.05, 0.1) is 32.6 Å². The molecule has 1 aliphatic heterocycles. The second-order valence-electron chi connectivity index (χ2n) is 7.27. The van der Waals surface area contributed by atoms with Crippen molar-refractivity contribution >= 4 is 46.9 Å². The third-order valence-electron chi connectivity index (χ3n) is 5.23. The molecule has 10 heteroatoms. The van der Waals surface area contributed by atoms with E-state index in [4.69, 9.17) is 30.8 Å². The normalized spacial score (nSPS) is 14.7. The Morgan fingerprint density at radius 3 is 2.40 bits per heavy atom. The molecule has 0 atom stereocenters. The Hall–Kier alpha value is -4.44. The molecule has 0 saturated carbocycles. The summed E-state index contributed by atoms with van der Waals surface area (Å²) in [6.07, 6.45) is 1.34. The van der Waals surface area contributed by atoms with Crippen molar-refractivity contribution in [2.24, 2.45) is 0 Å². The van der Waals surface area contributed by atoms with E-state index in [0.29, 0.717) is 34.1 Å². The molecular formula is C25H20N2O7S. The predicted molar refractivity (Wildman–Crippen MR) is 131 cm³/mol. The first-order valence-corrected chi connectivity index (χ1v) is 10.7. The third kappa shape index (κ3) is 4.64. The van der Waals surface area contributed by atoms with Crippen LogP contribution in [0.25, 0.3) is 17.4 Å². The van der Waals surface area contributed by atoms with Gasteiger partial charge in [-0.2, -0.15) is 0 Å². The van der Waals surface area contributed by atoms with E-state index >= 15 is 0 Å². The fourth-order valence-corrected chi connectivity index (χ4v) is 3.74. The molecular weight excluding hydrogens is 472 g/mol. The summed E-state index contributed by atoms with van der Waals surface area (Å²) in [6.45, 7) is 0. The van der Waals surface area contributed by atoms with Crippen molar-refractivity contribution in [3.8, 4) is 22.8 Å². The lowest BCUT2D eigenvalue weighted by Gasteiger charge is -2.29. The first-order valence-electron chi connectivity index (χ1n) is 10.3. The maximum absolute atomic E-state index is 13.3. The summed E-state index contributed by atoms with van der Waals surface area (Å²) in [5.74, 6) is -0.0909. The number of rotatable bonds is 6. The van der Waals surface area contributed by atoms with Crippen LogP contribution in [-0.2, 0) is 14.3 Å². The molecule has 2 aromatic carbocycles. The molecule has 4 rings (SSSR count). The fraction of sp³-hybridized carbons (Fsp3) is 0.120. The van der Waals surface area contributed by atoms with Gasteiger partial charge in [0, 0.05) is 11.6 Å². The van der Waals surface area contributed by atoms with Crippen LogP contribution in [0.4, 0.5) is 5.69 Å². The monoisotopic (exact) mass is 492 g/mol. The van der Waals surface area contributed by atoms with E-state index in [9.17, 15) is 14.4 Å². The maximum Gasteiger partial charge on any atom is 0.337 e. The number of amides is 2. The van der Waals surface area contributed by atoms with Crippen molar-refractivity contribution in [1.29, 1.82) is 0 Å². The zero-order chi connectivity index (χ0) is 25.1. The van der Waals surface area contributed by atoms with Crippen LogP contribution in [0, 0.1) is 0 Å². The number of benzene rings is 2. The quantitative estimate of drug-likeness (QED) is 0.241. The van der Waals surface area contributed by atoms with Crippen LogP contribution in [0.3, 0.4) is 0 Å². The van der Waals surface area contributed by atoms with Gasteiger partial charge in [-0.1, -0.05) is 12.1 Å². The highest BCUT2D eigenvalue weighted by molar-refractivity contribution is 7.80. The molecule has 0 bridgehead atoms. The van der Waals surface area contributed by atoms with Gasteiger partial charge in [-0.05, 0) is 54.7 Å². The van der Waals surface area contributed by atoms with Crippen LogP contribution in [0.2, 0.25) is 0 Å². The number of thiocarbonyl (C=S) groups is 1. The van der Waals surface area contributed by atoms with E-state index in [0.717, 1.165) is 0 Å². The molecule has 3 aromatic rings. The third-order valence-corrected chi connectivity index (χ3v) is 5.52. The Kier molecular flexibility index (Phi) is 6.65. The van der Waals surface area contributed by atoms with Gasteiger partial charge in [-0.3, -0.25) is 14.9 Å². The zero-order valence-electron chi connectivity index (χ0n) is 19.0. The summed E-state index contributed by atoms with van der Waals surface area (Å²) < 4.78 is 21.1. The lowest BCUT2D eigenvalue weighted by atomic mass is 10.1. The SMILES string of the molecule is COC(=O)c1ccc(-c2ccc(/C=C3\C(=O)NC(=S)N(c4ccc(OC)cc4OC)C3=O)o2)cc1. The minimum absolute atomic E-state index is 0.0774. The number of nitrogens with zero attached hydrogens (tertiary/aromatic N) is 1. The Morgan fingerprint density at radius 2 is 1.74 bits per heavy atom. The first kappa shape index (κ1) is 23.7. The van der Waals surface area contributed by atoms with Crippen molar-refractivity contribution in [1.82, 2.24) is 5.32 Å². The summed E-state index contributed by atoms with van der Waals surface area (Å²) >= 11 is 5.26. The van der Waals surface area contributed by atoms with E-state index < -0.39 is 17.8 Å². The Bertz CT molecular complexity index is 1360. The molecule has 0 radical (unpaired) electrons. The molecule has 1 aromatic heterocycles. The second-order valence-corrected chi connectivity index (χ2v) is 7.65. The minimum Gasteiger partial charge on any atom is -0.497 e. The number of hydrogen-bond donors (Lipinski definition) is 1. The number of nitrogens with one attached hydrogen (secondary N) is 1. The number of anilines is 1. The highest BCUT2D eigenvalue weighted by Crippen LogP contribution is 2.34. The van der Waals surface area contributed by atoms with E-state index in [1.165, 1.54) is 32.3 Å². The average Bonchev–Trinajstić information content (AvgIpc) is 3.35. The van der Waals surface area contributed by atoms with Crippen molar-refractivity contribution < 1.29 is 33.0 Å². The van der Waals surface area contributed by atoms with Gasteiger partial charge in [0.1, 0.15) is 28.6 Å². The summed E-state index contributed by atoms with van der Waals surface area (Å²) in [5.41, 5.74) is 1.28. The van der Waals surface area contributed by atoms with Crippen LogP contribution in [0.5, 0.6) is 11.5 Å². The van der Waals surface area contributed by atoms with E-state index in [1.807, 2.05) is 0 Å². The minimum atomic E-state index is -0.649. The molecule has 0 aliphatic carbocycles. The molecule has 2 heterocycles. The smallest absolute Gasteiger partial charge is 0.337 e. The molecule has 1 N–H and O–H groups in total. The zero-order valence-corrected chi connectivity index (χ0v) is 19.8. The van der Waals surface area contributed by atoms with Crippen LogP contribution in [-0.4, -0.2) is 44.2 Å². The van der Waals surface area contributed by atoms with Crippen LogP contribution < -0.4 is 19.7 Å². The van der Waals surface area contributed by atoms with Gasteiger partial charge >= 0.3 is 5.97 Å². The molecule has 1 saturated heterocycles. The number of methoxy groups -OCH3 is 3. The second kappa shape index (κ2) is 9.82. The summed E-state index contributed by atoms with van der Waals surface area (Å²) in [7, 11) is 4.27. The van der Waals surface area contributed by atoms with Gasteiger partial charge in [-0.15, -0.1) is 0 Å². The van der Waals surface area contributed by atoms with Crippen molar-refractivity contribution in [2.75, 3.05) is 26.2 Å². The van der Waals surface area contributed by atoms with Gasteiger partial charge in [-0.25, -0.2) is 9.69 Å². The average molecular weight is 493 g/mol. The van der Waals surface area contributed by atoms with E-state index in [-0.39, 0.29) is 16.4 Å². The standard InChI is InChI=1S/C25H20N2O7S/c1-31-16-8-10-19(21(13-16)32-2)27-23(29)18(22(28)26-25(27)35)12-17-9-11-20(34-17)14-4-6-15(7-5-14)24(30)33-3/h4-13H,1-3H3,(H,26,28,35)/b18-12+. The van der Waals surface area contributed by atoms with Gasteiger partial charge in [0.2, 0.25) is 0 Å². The number of furan rings is 1. The number of carbonyl (C=O) groups excluding carboxylic acids is 3.